The van der Waals surface area contributed by atoms with Crippen LogP contribution >= 0.6 is 0 Å². The second-order valence-corrected chi connectivity index (χ2v) is 8.56. The van der Waals surface area contributed by atoms with Crippen LogP contribution in [0.2, 0.25) is 0 Å². The zero-order valence-corrected chi connectivity index (χ0v) is 21.4. The molecule has 0 aliphatic carbocycles. The fourth-order valence-electron chi connectivity index (χ4n) is 3.78. The molecular weight excluding hydrogens is 482 g/mol. The lowest BCUT2D eigenvalue weighted by atomic mass is 10.2. The second-order valence-electron chi connectivity index (χ2n) is 8.56. The van der Waals surface area contributed by atoms with Crippen molar-refractivity contribution in [2.75, 3.05) is 23.5 Å². The highest BCUT2D eigenvalue weighted by Gasteiger charge is 2.11. The summed E-state index contributed by atoms with van der Waals surface area (Å²) in [5, 5.41) is 22.5. The third-order valence-corrected chi connectivity index (χ3v) is 5.77. The molecule has 0 aliphatic rings. The van der Waals surface area contributed by atoms with E-state index < -0.39 is 0 Å². The molecule has 4 heterocycles. The van der Waals surface area contributed by atoms with E-state index in [1.54, 1.807) is 30.1 Å². The van der Waals surface area contributed by atoms with Crippen LogP contribution in [0.5, 0.6) is 5.75 Å². The minimum absolute atomic E-state index is 0.347. The summed E-state index contributed by atoms with van der Waals surface area (Å²) >= 11 is 0. The van der Waals surface area contributed by atoms with Crippen LogP contribution in [0.1, 0.15) is 17.0 Å². The molecule has 2 aromatic carbocycles. The van der Waals surface area contributed by atoms with Gasteiger partial charge in [0, 0.05) is 30.5 Å². The lowest BCUT2D eigenvalue weighted by Crippen LogP contribution is -2.00. The Kier molecular flexibility index (Phi) is 6.68. The van der Waals surface area contributed by atoms with Gasteiger partial charge < -0.3 is 21.1 Å². The van der Waals surface area contributed by atoms with Gasteiger partial charge in [-0.2, -0.15) is 0 Å². The molecule has 0 bridgehead atoms. The van der Waals surface area contributed by atoms with E-state index in [4.69, 9.17) is 10.5 Å². The van der Waals surface area contributed by atoms with E-state index in [9.17, 15) is 0 Å². The maximum Gasteiger partial charge on any atom is 0.226 e. The van der Waals surface area contributed by atoms with Gasteiger partial charge in [0.15, 0.2) is 11.6 Å². The number of nitrogens with one attached hydrogen (secondary N) is 2. The number of hydrogen-bond acceptors (Lipinski definition) is 10. The number of nitrogens with two attached hydrogens (primary N) is 1. The van der Waals surface area contributed by atoms with E-state index in [2.05, 4.69) is 41.0 Å². The number of nitrogens with zero attached hydrogens (tertiary/aromatic N) is 8. The molecule has 0 fully saturated rings. The Morgan fingerprint density at radius 2 is 1.37 bits per heavy atom. The van der Waals surface area contributed by atoms with Gasteiger partial charge in [-0.05, 0) is 50.6 Å². The monoisotopic (exact) mass is 509 g/mol. The number of nitrogen functional groups attached to an aromatic ring is 1. The van der Waals surface area contributed by atoms with E-state index in [1.807, 2.05) is 73.8 Å². The fraction of sp³-hybridized carbons (Fsp3) is 0.154. The van der Waals surface area contributed by atoms with Crippen LogP contribution in [0.3, 0.4) is 0 Å². The smallest absolute Gasteiger partial charge is 0.226 e. The molecular formula is C26H27N11O. The summed E-state index contributed by atoms with van der Waals surface area (Å²) in [4.78, 5) is 8.58. The van der Waals surface area contributed by atoms with Gasteiger partial charge in [0.1, 0.15) is 11.6 Å². The van der Waals surface area contributed by atoms with Gasteiger partial charge in [-0.25, -0.2) is 9.97 Å². The van der Waals surface area contributed by atoms with Crippen molar-refractivity contribution in [1.82, 2.24) is 39.2 Å². The number of anilines is 5. The average Bonchev–Trinajstić information content (AvgIpc) is 3.50. The highest BCUT2D eigenvalue weighted by atomic mass is 16.5. The molecule has 38 heavy (non-hydrogen) atoms. The molecule has 0 atom stereocenters. The summed E-state index contributed by atoms with van der Waals surface area (Å²) in [5.74, 6) is 3.21. The summed E-state index contributed by atoms with van der Waals surface area (Å²) in [5.41, 5.74) is 11.1. The first-order chi connectivity index (χ1) is 18.4. The van der Waals surface area contributed by atoms with Gasteiger partial charge >= 0.3 is 0 Å². The summed E-state index contributed by atoms with van der Waals surface area (Å²) in [6.45, 7) is 5.97. The van der Waals surface area contributed by atoms with Crippen LogP contribution < -0.4 is 21.1 Å². The normalized spacial score (nSPS) is 10.7. The Hall–Kier alpha value is -5.26. The van der Waals surface area contributed by atoms with Gasteiger partial charge in [0.2, 0.25) is 17.2 Å². The number of benzene rings is 2. The number of ether oxygens (including phenoxy) is 1. The summed E-state index contributed by atoms with van der Waals surface area (Å²) in [7, 11) is 1.64. The van der Waals surface area contributed by atoms with Crippen LogP contribution in [0.4, 0.5) is 29.0 Å². The molecule has 12 heteroatoms. The molecule has 0 radical (unpaired) electrons. The molecule has 12 nitrogen and oxygen atoms in total. The number of hydrogen-bond donors (Lipinski definition) is 3. The SMILES string of the molecule is COc1ccc(C)cc1Nc1nccn2c(C)nnc12.Cc1ccc(Nc2nccn3c(N)nnc23)cc1. The summed E-state index contributed by atoms with van der Waals surface area (Å²) in [6.07, 6.45) is 6.94. The summed E-state index contributed by atoms with van der Waals surface area (Å²) < 4.78 is 8.93. The van der Waals surface area contributed by atoms with Crippen molar-refractivity contribution in [3.05, 3.63) is 84.2 Å². The van der Waals surface area contributed by atoms with Gasteiger partial charge in [-0.15, -0.1) is 20.4 Å². The number of aryl methyl sites for hydroxylation is 3. The largest absolute Gasteiger partial charge is 0.495 e. The molecule has 0 amide bonds. The standard InChI is InChI=1S/C14H15N5O.C12H12N6/c1-9-4-5-12(20-3)11(8-9)16-13-14-18-17-10(2)19(14)7-6-15-13;1-8-2-4-9(5-3-8)15-10-11-16-17-12(13)18(11)7-6-14-10/h4-8H,1-3H3,(H,15,16);2-7H,1H3,(H2,13,17)(H,14,15). The summed E-state index contributed by atoms with van der Waals surface area (Å²) in [6, 6.07) is 14.0. The van der Waals surface area contributed by atoms with Crippen LogP contribution in [0.15, 0.2) is 67.3 Å². The van der Waals surface area contributed by atoms with E-state index in [-0.39, 0.29) is 0 Å². The number of methoxy groups -OCH3 is 1. The molecule has 4 N–H and O–H groups in total. The fourth-order valence-corrected chi connectivity index (χ4v) is 3.78. The first-order valence-corrected chi connectivity index (χ1v) is 11.8. The Labute approximate surface area is 218 Å². The molecule has 0 spiro atoms. The van der Waals surface area contributed by atoms with Gasteiger partial charge in [0.05, 0.1) is 12.8 Å². The third kappa shape index (κ3) is 5.00. The molecule has 0 unspecified atom stereocenters. The third-order valence-electron chi connectivity index (χ3n) is 5.77. The second kappa shape index (κ2) is 10.4. The highest BCUT2D eigenvalue weighted by molar-refractivity contribution is 5.73. The lowest BCUT2D eigenvalue weighted by Gasteiger charge is -2.11. The van der Waals surface area contributed by atoms with Crippen LogP contribution in [-0.4, -0.2) is 46.3 Å². The van der Waals surface area contributed by atoms with Gasteiger partial charge in [-0.3, -0.25) is 8.80 Å². The minimum atomic E-state index is 0.347. The molecule has 0 aliphatic heterocycles. The number of rotatable bonds is 5. The van der Waals surface area contributed by atoms with E-state index in [0.717, 1.165) is 28.5 Å². The molecule has 4 aromatic heterocycles. The first-order valence-electron chi connectivity index (χ1n) is 11.8. The first kappa shape index (κ1) is 24.4. The van der Waals surface area contributed by atoms with Crippen molar-refractivity contribution in [3.63, 3.8) is 0 Å². The van der Waals surface area contributed by atoms with Crippen molar-refractivity contribution >= 4 is 40.3 Å². The van der Waals surface area contributed by atoms with Crippen LogP contribution in [0.25, 0.3) is 11.3 Å². The van der Waals surface area contributed by atoms with Crippen LogP contribution in [-0.2, 0) is 0 Å². The zero-order valence-electron chi connectivity index (χ0n) is 21.4. The van der Waals surface area contributed by atoms with E-state index in [0.29, 0.717) is 28.9 Å². The zero-order chi connectivity index (χ0) is 26.6. The maximum atomic E-state index is 5.69. The van der Waals surface area contributed by atoms with Gasteiger partial charge in [0.25, 0.3) is 0 Å². The van der Waals surface area contributed by atoms with Crippen molar-refractivity contribution in [2.24, 2.45) is 0 Å². The Morgan fingerprint density at radius 1 is 0.737 bits per heavy atom. The molecule has 192 valence electrons. The van der Waals surface area contributed by atoms with Crippen molar-refractivity contribution in [1.29, 1.82) is 0 Å². The van der Waals surface area contributed by atoms with Crippen molar-refractivity contribution in [2.45, 2.75) is 20.8 Å². The average molecular weight is 510 g/mol. The number of aromatic nitrogens is 8. The van der Waals surface area contributed by atoms with Gasteiger partial charge in [-0.1, -0.05) is 23.8 Å². The Bertz CT molecular complexity index is 1710. The van der Waals surface area contributed by atoms with Crippen molar-refractivity contribution < 1.29 is 4.74 Å². The number of fused-ring (bicyclic) bond motifs is 2. The lowest BCUT2D eigenvalue weighted by molar-refractivity contribution is 0.416. The van der Waals surface area contributed by atoms with E-state index >= 15 is 0 Å². The van der Waals surface area contributed by atoms with Crippen molar-refractivity contribution in [3.8, 4) is 5.75 Å². The van der Waals surface area contributed by atoms with E-state index in [1.165, 1.54) is 5.56 Å². The van der Waals surface area contributed by atoms with Crippen LogP contribution in [0, 0.1) is 20.8 Å². The highest BCUT2D eigenvalue weighted by Crippen LogP contribution is 2.29. The minimum Gasteiger partial charge on any atom is -0.495 e. The Morgan fingerprint density at radius 3 is 2.11 bits per heavy atom. The molecule has 0 saturated carbocycles. The predicted molar refractivity (Wildman–Crippen MR) is 146 cm³/mol. The molecule has 0 saturated heterocycles. The predicted octanol–water partition coefficient (Wildman–Crippen LogP) is 4.25. The Balaban J connectivity index is 0.000000156. The molecule has 6 aromatic rings. The molecule has 6 rings (SSSR count). The maximum absolute atomic E-state index is 5.69. The quantitative estimate of drug-likeness (QED) is 0.308. The topological polar surface area (TPSA) is 145 Å².